The summed E-state index contributed by atoms with van der Waals surface area (Å²) in [7, 11) is 1.55. The Morgan fingerprint density at radius 1 is 1.00 bits per heavy atom. The Bertz CT molecular complexity index is 888. The van der Waals surface area contributed by atoms with Gasteiger partial charge in [-0.3, -0.25) is 9.59 Å². The molecule has 1 heterocycles. The largest absolute Gasteiger partial charge is 0.497 e. The van der Waals surface area contributed by atoms with Crippen molar-refractivity contribution in [2.45, 2.75) is 13.8 Å². The highest BCUT2D eigenvalue weighted by Gasteiger charge is 2.39. The number of imide groups is 1. The van der Waals surface area contributed by atoms with Gasteiger partial charge in [0, 0.05) is 5.69 Å². The molecule has 0 saturated heterocycles. The van der Waals surface area contributed by atoms with E-state index in [-0.39, 0.29) is 10.7 Å². The lowest BCUT2D eigenvalue weighted by molar-refractivity contribution is -0.120. The van der Waals surface area contributed by atoms with E-state index in [9.17, 15) is 9.59 Å². The fourth-order valence-electron chi connectivity index (χ4n) is 2.67. The van der Waals surface area contributed by atoms with Crippen LogP contribution in [0.25, 0.3) is 0 Å². The van der Waals surface area contributed by atoms with Crippen molar-refractivity contribution in [3.05, 3.63) is 64.3 Å². The van der Waals surface area contributed by atoms with Crippen LogP contribution in [-0.4, -0.2) is 18.9 Å². The monoisotopic (exact) mass is 356 g/mol. The van der Waals surface area contributed by atoms with Gasteiger partial charge >= 0.3 is 0 Å². The Balaban J connectivity index is 1.90. The summed E-state index contributed by atoms with van der Waals surface area (Å²) in [6.07, 6.45) is 0. The first-order chi connectivity index (χ1) is 11.9. The standard InChI is InChI=1S/C19H17ClN2O3/c1-11-4-9-15(12(2)10-11)21-17-16(20)18(23)22(19(17)24)13-5-7-14(25-3)8-6-13/h4-10,21H,1-3H3. The van der Waals surface area contributed by atoms with Crippen LogP contribution in [0.2, 0.25) is 0 Å². The molecule has 0 radical (unpaired) electrons. The van der Waals surface area contributed by atoms with Gasteiger partial charge in [0.2, 0.25) is 0 Å². The second-order valence-corrected chi connectivity index (χ2v) is 6.15. The number of nitrogens with zero attached hydrogens (tertiary/aromatic N) is 1. The number of anilines is 2. The zero-order chi connectivity index (χ0) is 18.1. The van der Waals surface area contributed by atoms with Crippen molar-refractivity contribution in [3.63, 3.8) is 0 Å². The fourth-order valence-corrected chi connectivity index (χ4v) is 2.88. The van der Waals surface area contributed by atoms with Crippen LogP contribution in [0.5, 0.6) is 5.75 Å². The summed E-state index contributed by atoms with van der Waals surface area (Å²) in [5.74, 6) is -0.403. The molecule has 1 aliphatic heterocycles. The van der Waals surface area contributed by atoms with Gasteiger partial charge in [0.05, 0.1) is 12.8 Å². The van der Waals surface area contributed by atoms with Crippen molar-refractivity contribution >= 4 is 34.8 Å². The minimum atomic E-state index is -0.552. The molecule has 0 fully saturated rings. The zero-order valence-electron chi connectivity index (χ0n) is 14.1. The van der Waals surface area contributed by atoms with Crippen molar-refractivity contribution in [2.75, 3.05) is 17.3 Å². The van der Waals surface area contributed by atoms with Gasteiger partial charge < -0.3 is 10.1 Å². The van der Waals surface area contributed by atoms with Gasteiger partial charge in [-0.25, -0.2) is 4.90 Å². The topological polar surface area (TPSA) is 58.6 Å². The van der Waals surface area contributed by atoms with E-state index in [2.05, 4.69) is 5.32 Å². The molecule has 5 nitrogen and oxygen atoms in total. The predicted octanol–water partition coefficient (Wildman–Crippen LogP) is 3.75. The smallest absolute Gasteiger partial charge is 0.283 e. The summed E-state index contributed by atoms with van der Waals surface area (Å²) in [5.41, 5.74) is 3.31. The molecule has 6 heteroatoms. The molecule has 25 heavy (non-hydrogen) atoms. The van der Waals surface area contributed by atoms with E-state index in [1.54, 1.807) is 31.4 Å². The Kier molecular flexibility index (Phi) is 4.51. The van der Waals surface area contributed by atoms with Crippen LogP contribution in [0, 0.1) is 13.8 Å². The third-order valence-electron chi connectivity index (χ3n) is 4.00. The molecular formula is C19H17ClN2O3. The van der Waals surface area contributed by atoms with Crippen molar-refractivity contribution in [1.82, 2.24) is 0 Å². The highest BCUT2D eigenvalue weighted by Crippen LogP contribution is 2.31. The van der Waals surface area contributed by atoms with Gasteiger partial charge in [-0.15, -0.1) is 0 Å². The van der Waals surface area contributed by atoms with Crippen LogP contribution in [0.4, 0.5) is 11.4 Å². The average molecular weight is 357 g/mol. The van der Waals surface area contributed by atoms with Gasteiger partial charge in [-0.2, -0.15) is 0 Å². The molecule has 0 atom stereocenters. The van der Waals surface area contributed by atoms with Gasteiger partial charge in [-0.1, -0.05) is 29.3 Å². The van der Waals surface area contributed by atoms with Crippen LogP contribution < -0.4 is 15.0 Å². The quantitative estimate of drug-likeness (QED) is 0.848. The van der Waals surface area contributed by atoms with Crippen molar-refractivity contribution < 1.29 is 14.3 Å². The Morgan fingerprint density at radius 3 is 2.28 bits per heavy atom. The fraction of sp³-hybridized carbons (Fsp3) is 0.158. The van der Waals surface area contributed by atoms with E-state index in [0.717, 1.165) is 21.7 Å². The molecule has 3 rings (SSSR count). The molecular weight excluding hydrogens is 340 g/mol. The van der Waals surface area contributed by atoms with Crippen molar-refractivity contribution in [3.8, 4) is 5.75 Å². The first-order valence-corrected chi connectivity index (χ1v) is 8.07. The number of amides is 2. The highest BCUT2D eigenvalue weighted by atomic mass is 35.5. The highest BCUT2D eigenvalue weighted by molar-refractivity contribution is 6.53. The number of carbonyl (C=O) groups is 2. The number of carbonyl (C=O) groups excluding carboxylic acids is 2. The third kappa shape index (κ3) is 3.10. The molecule has 0 saturated carbocycles. The number of rotatable bonds is 4. The van der Waals surface area contributed by atoms with Gasteiger partial charge in [0.15, 0.2) is 0 Å². The number of hydrogen-bond acceptors (Lipinski definition) is 4. The lowest BCUT2D eigenvalue weighted by Crippen LogP contribution is -2.32. The van der Waals surface area contributed by atoms with Crippen LogP contribution in [-0.2, 0) is 9.59 Å². The molecule has 2 aromatic carbocycles. The van der Waals surface area contributed by atoms with Gasteiger partial charge in [0.1, 0.15) is 16.5 Å². The van der Waals surface area contributed by atoms with Gasteiger partial charge in [-0.05, 0) is 49.7 Å². The van der Waals surface area contributed by atoms with Crippen molar-refractivity contribution in [2.24, 2.45) is 0 Å². The second kappa shape index (κ2) is 6.61. The minimum Gasteiger partial charge on any atom is -0.497 e. The minimum absolute atomic E-state index is 0.0782. The van der Waals surface area contributed by atoms with E-state index in [4.69, 9.17) is 16.3 Å². The molecule has 1 aliphatic rings. The predicted molar refractivity (Wildman–Crippen MR) is 97.9 cm³/mol. The van der Waals surface area contributed by atoms with Crippen LogP contribution in [0.3, 0.4) is 0 Å². The number of ether oxygens (including phenoxy) is 1. The molecule has 0 unspecified atom stereocenters. The normalized spacial score (nSPS) is 14.3. The maximum absolute atomic E-state index is 12.7. The molecule has 2 aromatic rings. The summed E-state index contributed by atoms with van der Waals surface area (Å²) in [4.78, 5) is 26.2. The SMILES string of the molecule is COc1ccc(N2C(=O)C(Cl)=C(Nc3ccc(C)cc3C)C2=O)cc1. The van der Waals surface area contributed by atoms with Gasteiger partial charge in [0.25, 0.3) is 11.8 Å². The molecule has 128 valence electrons. The van der Waals surface area contributed by atoms with Crippen molar-refractivity contribution in [1.29, 1.82) is 0 Å². The van der Waals surface area contributed by atoms with E-state index in [1.807, 2.05) is 32.0 Å². The first-order valence-electron chi connectivity index (χ1n) is 7.69. The lowest BCUT2D eigenvalue weighted by atomic mass is 10.1. The van der Waals surface area contributed by atoms with E-state index in [1.165, 1.54) is 0 Å². The van der Waals surface area contributed by atoms with Crippen LogP contribution >= 0.6 is 11.6 Å². The second-order valence-electron chi connectivity index (χ2n) is 5.78. The molecule has 0 aliphatic carbocycles. The summed E-state index contributed by atoms with van der Waals surface area (Å²) in [6, 6.07) is 12.4. The number of hydrogen-bond donors (Lipinski definition) is 1. The number of halogens is 1. The summed E-state index contributed by atoms with van der Waals surface area (Å²) in [6.45, 7) is 3.91. The molecule has 0 bridgehead atoms. The summed E-state index contributed by atoms with van der Waals surface area (Å²) < 4.78 is 5.09. The average Bonchev–Trinajstić information content (AvgIpc) is 2.81. The molecule has 0 aromatic heterocycles. The Labute approximate surface area is 150 Å². The Hall–Kier alpha value is -2.79. The number of nitrogens with one attached hydrogen (secondary N) is 1. The maximum atomic E-state index is 12.7. The first kappa shape index (κ1) is 17.0. The zero-order valence-corrected chi connectivity index (χ0v) is 14.8. The van der Waals surface area contributed by atoms with Crippen LogP contribution in [0.1, 0.15) is 11.1 Å². The van der Waals surface area contributed by atoms with E-state index in [0.29, 0.717) is 11.4 Å². The number of benzene rings is 2. The maximum Gasteiger partial charge on any atom is 0.283 e. The van der Waals surface area contributed by atoms with Crippen LogP contribution in [0.15, 0.2) is 53.2 Å². The van der Waals surface area contributed by atoms with E-state index < -0.39 is 11.8 Å². The molecule has 1 N–H and O–H groups in total. The molecule has 0 spiro atoms. The summed E-state index contributed by atoms with van der Waals surface area (Å²) >= 11 is 6.14. The summed E-state index contributed by atoms with van der Waals surface area (Å²) in [5, 5.41) is 2.88. The van der Waals surface area contributed by atoms with E-state index >= 15 is 0 Å². The molecule has 2 amide bonds. The lowest BCUT2D eigenvalue weighted by Gasteiger charge is -2.16. The Morgan fingerprint density at radius 2 is 1.68 bits per heavy atom. The third-order valence-corrected chi connectivity index (χ3v) is 4.35. The number of aryl methyl sites for hydroxylation is 2. The number of methoxy groups -OCH3 is 1.